The van der Waals surface area contributed by atoms with E-state index >= 15 is 0 Å². The van der Waals surface area contributed by atoms with E-state index in [1.54, 1.807) is 11.3 Å². The number of allylic oxidation sites excluding steroid dienone is 1. The standard InChI is InChI=1S/C9H7NOS/c11-10-4-1-2-7(10)6-9-8(10)3-5-12-9/h1-3,5-6H,4H2. The van der Waals surface area contributed by atoms with Crippen LogP contribution in [0.1, 0.15) is 4.88 Å². The van der Waals surface area contributed by atoms with Gasteiger partial charge < -0.3 is 5.21 Å². The van der Waals surface area contributed by atoms with Crippen LogP contribution in [0.4, 0.5) is 5.69 Å². The van der Waals surface area contributed by atoms with Crippen molar-refractivity contribution in [1.82, 2.24) is 4.65 Å². The first-order valence-corrected chi connectivity index (χ1v) is 4.75. The lowest BCUT2D eigenvalue weighted by Gasteiger charge is -2.34. The zero-order chi connectivity index (χ0) is 8.18. The van der Waals surface area contributed by atoms with Gasteiger partial charge in [0.15, 0.2) is 5.69 Å². The third-order valence-corrected chi connectivity index (χ3v) is 3.26. The number of hydrogen-bond donors (Lipinski definition) is 0. The van der Waals surface area contributed by atoms with Gasteiger partial charge in [0, 0.05) is 18.2 Å². The van der Waals surface area contributed by atoms with Crippen molar-refractivity contribution in [2.24, 2.45) is 0 Å². The molecule has 3 rings (SSSR count). The summed E-state index contributed by atoms with van der Waals surface area (Å²) >= 11 is 1.64. The van der Waals surface area contributed by atoms with Gasteiger partial charge in [-0.3, -0.25) is 4.65 Å². The van der Waals surface area contributed by atoms with E-state index in [1.165, 1.54) is 0 Å². The molecule has 1 unspecified atom stereocenters. The molecule has 0 saturated carbocycles. The van der Waals surface area contributed by atoms with Gasteiger partial charge in [-0.1, -0.05) is 0 Å². The second kappa shape index (κ2) is 1.88. The Morgan fingerprint density at radius 2 is 2.42 bits per heavy atom. The largest absolute Gasteiger partial charge is 0.622 e. The Balaban J connectivity index is 2.30. The minimum absolute atomic E-state index is 0.251. The summed E-state index contributed by atoms with van der Waals surface area (Å²) in [5, 5.41) is 14.1. The monoisotopic (exact) mass is 177 g/mol. The van der Waals surface area contributed by atoms with E-state index in [0.29, 0.717) is 6.54 Å². The van der Waals surface area contributed by atoms with E-state index in [2.05, 4.69) is 0 Å². The molecule has 2 aliphatic rings. The van der Waals surface area contributed by atoms with Crippen LogP contribution < -0.4 is 4.65 Å². The van der Waals surface area contributed by atoms with Crippen molar-refractivity contribution in [3.8, 4) is 0 Å². The van der Waals surface area contributed by atoms with E-state index in [4.69, 9.17) is 0 Å². The number of quaternary nitrogens is 1. The maximum absolute atomic E-state index is 12.2. The molecule has 0 bridgehead atoms. The molecule has 3 heteroatoms. The summed E-state index contributed by atoms with van der Waals surface area (Å²) < 4.78 is -0.251. The Labute approximate surface area is 74.2 Å². The van der Waals surface area contributed by atoms with Crippen molar-refractivity contribution in [1.29, 1.82) is 0 Å². The molecular weight excluding hydrogens is 170 g/mol. The fraction of sp³-hybridized carbons (Fsp3) is 0.111. The summed E-state index contributed by atoms with van der Waals surface area (Å²) in [7, 11) is 0. The molecule has 0 aromatic carbocycles. The van der Waals surface area contributed by atoms with Crippen molar-refractivity contribution >= 4 is 23.1 Å². The fourth-order valence-corrected chi connectivity index (χ4v) is 2.66. The molecule has 3 heterocycles. The summed E-state index contributed by atoms with van der Waals surface area (Å²) in [5.74, 6) is 0. The molecule has 1 aromatic rings. The highest BCUT2D eigenvalue weighted by Gasteiger charge is 2.35. The van der Waals surface area contributed by atoms with Crippen LogP contribution in [0.5, 0.6) is 0 Å². The van der Waals surface area contributed by atoms with Crippen LogP contribution in [0.3, 0.4) is 0 Å². The van der Waals surface area contributed by atoms with Gasteiger partial charge >= 0.3 is 0 Å². The average Bonchev–Trinajstić information content (AvgIpc) is 2.62. The molecule has 1 aromatic heterocycles. The van der Waals surface area contributed by atoms with Gasteiger partial charge in [-0.15, -0.1) is 11.3 Å². The second-order valence-corrected chi connectivity index (χ2v) is 4.01. The van der Waals surface area contributed by atoms with Crippen LogP contribution in [0, 0.1) is 5.21 Å². The van der Waals surface area contributed by atoms with Gasteiger partial charge in [-0.2, -0.15) is 0 Å². The summed E-state index contributed by atoms with van der Waals surface area (Å²) in [6.45, 7) is 0.565. The number of nitrogens with zero attached hydrogens (tertiary/aromatic N) is 1. The van der Waals surface area contributed by atoms with Crippen LogP contribution in [0.25, 0.3) is 6.08 Å². The minimum Gasteiger partial charge on any atom is -0.622 e. The summed E-state index contributed by atoms with van der Waals surface area (Å²) in [6.07, 6.45) is 5.87. The lowest BCUT2D eigenvalue weighted by Crippen LogP contribution is -2.36. The van der Waals surface area contributed by atoms with Crippen molar-refractivity contribution < 1.29 is 0 Å². The van der Waals surface area contributed by atoms with Crippen molar-refractivity contribution in [2.45, 2.75) is 0 Å². The number of rotatable bonds is 0. The van der Waals surface area contributed by atoms with Crippen LogP contribution in [0.2, 0.25) is 0 Å². The van der Waals surface area contributed by atoms with Gasteiger partial charge in [0.25, 0.3) is 0 Å². The number of thiophene rings is 1. The lowest BCUT2D eigenvalue weighted by atomic mass is 10.4. The molecule has 1 atom stereocenters. The highest BCUT2D eigenvalue weighted by atomic mass is 32.1. The Bertz CT molecular complexity index is 404. The van der Waals surface area contributed by atoms with Gasteiger partial charge in [-0.05, 0) is 11.5 Å². The Kier molecular flexibility index (Phi) is 1.03. The van der Waals surface area contributed by atoms with Crippen molar-refractivity contribution in [3.63, 3.8) is 0 Å². The lowest BCUT2D eigenvalue weighted by molar-refractivity contribution is 0.550. The normalized spacial score (nSPS) is 30.2. The van der Waals surface area contributed by atoms with Crippen molar-refractivity contribution in [2.75, 3.05) is 6.54 Å². The first-order chi connectivity index (χ1) is 5.81. The Morgan fingerprint density at radius 1 is 1.50 bits per heavy atom. The zero-order valence-electron chi connectivity index (χ0n) is 6.36. The van der Waals surface area contributed by atoms with E-state index < -0.39 is 0 Å². The maximum Gasteiger partial charge on any atom is 0.156 e. The smallest absolute Gasteiger partial charge is 0.156 e. The molecule has 12 heavy (non-hydrogen) atoms. The Hall–Kier alpha value is -0.900. The molecule has 60 valence electrons. The molecule has 2 nitrogen and oxygen atoms in total. The van der Waals surface area contributed by atoms with Gasteiger partial charge in [-0.25, -0.2) is 0 Å². The number of fused-ring (bicyclic) bond motifs is 3. The minimum atomic E-state index is -0.251. The van der Waals surface area contributed by atoms with Gasteiger partial charge in [0.2, 0.25) is 0 Å². The maximum atomic E-state index is 12.2. The molecule has 0 saturated heterocycles. The summed E-state index contributed by atoms with van der Waals surface area (Å²) in [4.78, 5) is 1.13. The molecule has 0 spiro atoms. The highest BCUT2D eigenvalue weighted by molar-refractivity contribution is 7.11. The first-order valence-electron chi connectivity index (χ1n) is 3.87. The van der Waals surface area contributed by atoms with E-state index in [-0.39, 0.29) is 4.65 Å². The number of hydroxylamine groups is 2. The van der Waals surface area contributed by atoms with Gasteiger partial charge in [0.05, 0.1) is 4.88 Å². The van der Waals surface area contributed by atoms with Crippen molar-refractivity contribution in [3.05, 3.63) is 39.4 Å². The molecule has 0 amide bonds. The average molecular weight is 177 g/mol. The highest BCUT2D eigenvalue weighted by Crippen LogP contribution is 2.45. The summed E-state index contributed by atoms with van der Waals surface area (Å²) in [5.41, 5.74) is 1.80. The molecule has 0 N–H and O–H groups in total. The molecule has 2 aliphatic heterocycles. The second-order valence-electron chi connectivity index (χ2n) is 3.06. The number of hydrogen-bond acceptors (Lipinski definition) is 2. The molecule has 0 fully saturated rings. The van der Waals surface area contributed by atoms with Gasteiger partial charge in [0.1, 0.15) is 12.2 Å². The molecule has 0 radical (unpaired) electrons. The summed E-state index contributed by atoms with van der Waals surface area (Å²) in [6, 6.07) is 1.93. The van der Waals surface area contributed by atoms with Crippen LogP contribution in [-0.2, 0) is 0 Å². The molecule has 0 aliphatic carbocycles. The SMILES string of the molecule is [O-][N+]12CC=CC1=Cc1sccc12. The van der Waals surface area contributed by atoms with E-state index in [1.807, 2.05) is 29.7 Å². The topological polar surface area (TPSA) is 23.1 Å². The van der Waals surface area contributed by atoms with Crippen LogP contribution in [-0.4, -0.2) is 6.54 Å². The quantitative estimate of drug-likeness (QED) is 0.441. The molecular formula is C9H7NOS. The van der Waals surface area contributed by atoms with Crippen LogP contribution >= 0.6 is 11.3 Å². The third-order valence-electron chi connectivity index (χ3n) is 2.41. The first kappa shape index (κ1) is 6.60. The fourth-order valence-electron chi connectivity index (χ4n) is 1.79. The van der Waals surface area contributed by atoms with E-state index in [9.17, 15) is 5.21 Å². The zero-order valence-corrected chi connectivity index (χ0v) is 7.17. The predicted octanol–water partition coefficient (Wildman–Crippen LogP) is 2.48. The predicted molar refractivity (Wildman–Crippen MR) is 51.5 cm³/mol. The Morgan fingerprint density at radius 3 is 3.33 bits per heavy atom. The van der Waals surface area contributed by atoms with Crippen LogP contribution in [0.15, 0.2) is 29.3 Å². The van der Waals surface area contributed by atoms with E-state index in [0.717, 1.165) is 16.3 Å². The third kappa shape index (κ3) is 0.579.